The van der Waals surface area contributed by atoms with E-state index in [1.54, 1.807) is 13.8 Å². The van der Waals surface area contributed by atoms with E-state index in [0.29, 0.717) is 6.42 Å². The van der Waals surface area contributed by atoms with E-state index in [9.17, 15) is 14.4 Å². The summed E-state index contributed by atoms with van der Waals surface area (Å²) in [7, 11) is 0. The van der Waals surface area contributed by atoms with E-state index < -0.39 is 28.8 Å². The highest BCUT2D eigenvalue weighted by molar-refractivity contribution is 6.20. The lowest BCUT2D eigenvalue weighted by molar-refractivity contribution is -0.179. The molecule has 1 amide bonds. The third kappa shape index (κ3) is 3.03. The third-order valence-corrected chi connectivity index (χ3v) is 5.65. The lowest BCUT2D eigenvalue weighted by Crippen LogP contribution is -2.63. The number of carbonyl (C=O) groups excluding carboxylic acids is 3. The van der Waals surface area contributed by atoms with Gasteiger partial charge in [-0.25, -0.2) is 0 Å². The number of furan rings is 1. The number of rotatable bonds is 5. The molecular weight excluding hydrogens is 350 g/mol. The Morgan fingerprint density at radius 1 is 1.11 bits per heavy atom. The maximum Gasteiger partial charge on any atom is 0.333 e. The molecule has 7 heteroatoms. The summed E-state index contributed by atoms with van der Waals surface area (Å²) in [5, 5.41) is 2.99. The van der Waals surface area contributed by atoms with Gasteiger partial charge in [-0.15, -0.1) is 0 Å². The number of ether oxygens (including phenoxy) is 2. The fraction of sp³-hybridized carbons (Fsp3) is 0.650. The molecule has 1 saturated heterocycles. The highest BCUT2D eigenvalue weighted by atomic mass is 16.6. The molecule has 3 rings (SSSR count). The van der Waals surface area contributed by atoms with Crippen molar-refractivity contribution in [2.45, 2.75) is 64.8 Å². The Bertz CT molecular complexity index is 734. The number of esters is 2. The van der Waals surface area contributed by atoms with Crippen LogP contribution in [0.15, 0.2) is 10.5 Å². The third-order valence-electron chi connectivity index (χ3n) is 5.65. The molecule has 0 radical (unpaired) electrons. The zero-order valence-corrected chi connectivity index (χ0v) is 16.2. The number of aryl methyl sites for hydroxylation is 2. The smallest absolute Gasteiger partial charge is 0.333 e. The number of carbonyl (C=O) groups is 3. The van der Waals surface area contributed by atoms with Crippen molar-refractivity contribution < 1.29 is 28.3 Å². The summed E-state index contributed by atoms with van der Waals surface area (Å²) in [6.07, 6.45) is 3.72. The first-order valence-corrected chi connectivity index (χ1v) is 9.72. The average Bonchev–Trinajstić information content (AvgIpc) is 3.07. The Labute approximate surface area is 158 Å². The monoisotopic (exact) mass is 377 g/mol. The minimum absolute atomic E-state index is 0.0581. The van der Waals surface area contributed by atoms with Crippen molar-refractivity contribution in [2.24, 2.45) is 5.41 Å². The molecule has 27 heavy (non-hydrogen) atoms. The van der Waals surface area contributed by atoms with E-state index >= 15 is 0 Å². The molecular formula is C20H27NO6. The van der Waals surface area contributed by atoms with Crippen molar-refractivity contribution >= 4 is 17.8 Å². The Hall–Kier alpha value is -2.31. The number of piperidine rings is 1. The van der Waals surface area contributed by atoms with E-state index in [1.165, 1.54) is 0 Å². The lowest BCUT2D eigenvalue weighted by Gasteiger charge is -2.45. The number of fused-ring (bicyclic) bond motifs is 2. The molecule has 1 aromatic heterocycles. The summed E-state index contributed by atoms with van der Waals surface area (Å²) < 4.78 is 16.0. The first-order valence-electron chi connectivity index (χ1n) is 9.72. The summed E-state index contributed by atoms with van der Waals surface area (Å²) in [5.74, 6) is -0.555. The fourth-order valence-electron chi connectivity index (χ4n) is 4.21. The second kappa shape index (κ2) is 7.37. The van der Waals surface area contributed by atoms with Crippen molar-refractivity contribution in [3.05, 3.63) is 23.2 Å². The number of hydrogen-bond donors (Lipinski definition) is 1. The van der Waals surface area contributed by atoms with Gasteiger partial charge >= 0.3 is 11.9 Å². The minimum Gasteiger partial charge on any atom is -0.466 e. The molecule has 1 aliphatic heterocycles. The second-order valence-corrected chi connectivity index (χ2v) is 7.14. The van der Waals surface area contributed by atoms with Crippen LogP contribution in [-0.2, 0) is 42.2 Å². The molecule has 1 N–H and O–H groups in total. The van der Waals surface area contributed by atoms with Crippen molar-refractivity contribution in [3.8, 4) is 0 Å². The van der Waals surface area contributed by atoms with Gasteiger partial charge in [0, 0.05) is 18.4 Å². The molecule has 0 aromatic carbocycles. The number of nitrogens with one attached hydrogen (secondary N) is 1. The molecule has 1 spiro atoms. The van der Waals surface area contributed by atoms with Crippen molar-refractivity contribution in [1.82, 2.24) is 5.32 Å². The lowest BCUT2D eigenvalue weighted by atomic mass is 9.67. The largest absolute Gasteiger partial charge is 0.466 e. The highest BCUT2D eigenvalue weighted by Crippen LogP contribution is 2.47. The topological polar surface area (TPSA) is 94.8 Å². The molecule has 7 nitrogen and oxygen atoms in total. The van der Waals surface area contributed by atoms with Gasteiger partial charge in [0.15, 0.2) is 0 Å². The Kier molecular flexibility index (Phi) is 5.31. The molecule has 0 bridgehead atoms. The van der Waals surface area contributed by atoms with Gasteiger partial charge in [0.05, 0.1) is 18.8 Å². The normalized spacial score (nSPS) is 23.4. The SMILES string of the molecule is CCOC(=O)C1(C(=O)OCC)CCC2(CCCc3oc(CC)cc32)NC1=O. The predicted molar refractivity (Wildman–Crippen MR) is 95.8 cm³/mol. The Balaban J connectivity index is 1.96. The summed E-state index contributed by atoms with van der Waals surface area (Å²) in [6, 6.07) is 2.00. The summed E-state index contributed by atoms with van der Waals surface area (Å²) >= 11 is 0. The molecule has 1 fully saturated rings. The van der Waals surface area contributed by atoms with E-state index in [-0.39, 0.29) is 19.6 Å². The minimum atomic E-state index is -1.94. The Morgan fingerprint density at radius 3 is 2.33 bits per heavy atom. The van der Waals surface area contributed by atoms with Gasteiger partial charge in [0.1, 0.15) is 11.5 Å². The van der Waals surface area contributed by atoms with Crippen LogP contribution in [0.1, 0.15) is 63.5 Å². The maximum absolute atomic E-state index is 13.2. The quantitative estimate of drug-likeness (QED) is 0.625. The van der Waals surface area contributed by atoms with Gasteiger partial charge < -0.3 is 19.2 Å². The summed E-state index contributed by atoms with van der Waals surface area (Å²) in [6.45, 7) is 5.48. The molecule has 148 valence electrons. The average molecular weight is 377 g/mol. The van der Waals surface area contributed by atoms with Crippen molar-refractivity contribution in [2.75, 3.05) is 13.2 Å². The standard InChI is InChI=1S/C20H27NO6/c1-4-13-12-14-15(27-13)8-7-9-19(14)10-11-20(16(22)21-19,17(23)25-5-2)18(24)26-6-3/h12H,4-11H2,1-3H3,(H,21,22). The van der Waals surface area contributed by atoms with Crippen LogP contribution in [0.4, 0.5) is 0 Å². The van der Waals surface area contributed by atoms with Gasteiger partial charge in [-0.2, -0.15) is 0 Å². The predicted octanol–water partition coefficient (Wildman–Crippen LogP) is 2.40. The van der Waals surface area contributed by atoms with Gasteiger partial charge in [0.2, 0.25) is 11.3 Å². The van der Waals surface area contributed by atoms with Crippen molar-refractivity contribution in [3.63, 3.8) is 0 Å². The zero-order valence-electron chi connectivity index (χ0n) is 16.2. The summed E-state index contributed by atoms with van der Waals surface area (Å²) in [4.78, 5) is 38.4. The van der Waals surface area contributed by atoms with Crippen LogP contribution in [0.25, 0.3) is 0 Å². The molecule has 1 unspecified atom stereocenters. The zero-order chi connectivity index (χ0) is 19.7. The molecule has 0 saturated carbocycles. The van der Waals surface area contributed by atoms with E-state index in [0.717, 1.165) is 42.8 Å². The highest BCUT2D eigenvalue weighted by Gasteiger charge is 2.61. The number of hydrogen-bond acceptors (Lipinski definition) is 6. The van der Waals surface area contributed by atoms with Gasteiger partial charge in [-0.1, -0.05) is 6.92 Å². The Morgan fingerprint density at radius 2 is 1.78 bits per heavy atom. The first kappa shape index (κ1) is 19.5. The van der Waals surface area contributed by atoms with Gasteiger partial charge in [-0.3, -0.25) is 14.4 Å². The van der Waals surface area contributed by atoms with Crippen LogP contribution in [0.3, 0.4) is 0 Å². The molecule has 1 atom stereocenters. The molecule has 1 aliphatic carbocycles. The number of amides is 1. The van der Waals surface area contributed by atoms with Crippen LogP contribution >= 0.6 is 0 Å². The van der Waals surface area contributed by atoms with E-state index in [4.69, 9.17) is 13.9 Å². The first-order chi connectivity index (χ1) is 12.9. The van der Waals surface area contributed by atoms with E-state index in [2.05, 4.69) is 5.32 Å². The van der Waals surface area contributed by atoms with E-state index in [1.807, 2.05) is 13.0 Å². The second-order valence-electron chi connectivity index (χ2n) is 7.14. The van der Waals surface area contributed by atoms with Crippen LogP contribution in [0.5, 0.6) is 0 Å². The van der Waals surface area contributed by atoms with Crippen LogP contribution in [0, 0.1) is 5.41 Å². The molecule has 2 aliphatic rings. The molecule has 1 aromatic rings. The molecule has 2 heterocycles. The summed E-state index contributed by atoms with van der Waals surface area (Å²) in [5.41, 5.74) is -1.57. The van der Waals surface area contributed by atoms with Crippen LogP contribution in [-0.4, -0.2) is 31.1 Å². The van der Waals surface area contributed by atoms with Crippen molar-refractivity contribution in [1.29, 1.82) is 0 Å². The van der Waals surface area contributed by atoms with Crippen LogP contribution < -0.4 is 5.32 Å². The fourth-order valence-corrected chi connectivity index (χ4v) is 4.21. The van der Waals surface area contributed by atoms with Crippen LogP contribution in [0.2, 0.25) is 0 Å². The van der Waals surface area contributed by atoms with Gasteiger partial charge in [-0.05, 0) is 45.6 Å². The van der Waals surface area contributed by atoms with Gasteiger partial charge in [0.25, 0.3) is 0 Å². The maximum atomic E-state index is 13.2.